The van der Waals surface area contributed by atoms with Crippen LogP contribution in [-0.4, -0.2) is 24.7 Å². The minimum Gasteiger partial charge on any atom is -0.273 e. The molecule has 1 aromatic carbocycles. The van der Waals surface area contributed by atoms with Crippen LogP contribution in [0.25, 0.3) is 0 Å². The summed E-state index contributed by atoms with van der Waals surface area (Å²) in [4.78, 5) is 0.0259. The molecule has 0 saturated heterocycles. The molecule has 0 aliphatic carbocycles. The number of benzene rings is 1. The third-order valence-electron chi connectivity index (χ3n) is 2.60. The monoisotopic (exact) mass is 361 g/mol. The summed E-state index contributed by atoms with van der Waals surface area (Å²) >= 11 is 3.05. The van der Waals surface area contributed by atoms with Gasteiger partial charge in [0, 0.05) is 30.0 Å². The number of aryl methyl sites for hydroxylation is 1. The second kappa shape index (κ2) is 6.47. The van der Waals surface area contributed by atoms with Gasteiger partial charge in [-0.15, -0.1) is 0 Å². The number of hydrogen-bond acceptors (Lipinski definition) is 3. The quantitative estimate of drug-likeness (QED) is 0.801. The fourth-order valence-electron chi connectivity index (χ4n) is 1.65. The molecule has 0 amide bonds. The third kappa shape index (κ3) is 3.87. The number of hydrogen-bond donors (Lipinski definition) is 1. The largest absolute Gasteiger partial charge is 0.273 e. The maximum absolute atomic E-state index is 12.9. The number of nitrogens with zero attached hydrogens (tertiary/aromatic N) is 2. The van der Waals surface area contributed by atoms with Crippen LogP contribution >= 0.6 is 15.9 Å². The first-order valence-electron chi connectivity index (χ1n) is 5.91. The van der Waals surface area contributed by atoms with Crippen molar-refractivity contribution in [3.8, 4) is 0 Å². The lowest BCUT2D eigenvalue weighted by molar-refractivity contribution is 0.552. The summed E-state index contributed by atoms with van der Waals surface area (Å²) in [7, 11) is -3.64. The van der Waals surface area contributed by atoms with Crippen LogP contribution in [0, 0.1) is 5.82 Å². The van der Waals surface area contributed by atoms with Crippen molar-refractivity contribution in [1.82, 2.24) is 14.5 Å². The Morgan fingerprint density at radius 3 is 2.85 bits per heavy atom. The first-order chi connectivity index (χ1) is 9.49. The number of rotatable bonds is 6. The van der Waals surface area contributed by atoms with E-state index in [9.17, 15) is 12.8 Å². The van der Waals surface area contributed by atoms with Crippen molar-refractivity contribution in [2.75, 3.05) is 6.54 Å². The number of sulfonamides is 1. The lowest BCUT2D eigenvalue weighted by atomic mass is 10.3. The second-order valence-electron chi connectivity index (χ2n) is 4.10. The normalized spacial score (nSPS) is 11.7. The zero-order chi connectivity index (χ0) is 14.6. The van der Waals surface area contributed by atoms with Crippen LogP contribution in [0.15, 0.2) is 46.0 Å². The number of aromatic nitrogens is 2. The Bertz CT molecular complexity index is 674. The first-order valence-corrected chi connectivity index (χ1v) is 8.19. The van der Waals surface area contributed by atoms with Crippen LogP contribution in [0.2, 0.25) is 0 Å². The standard InChI is InChI=1S/C12H13BrFN3O2S/c13-11-9-10(14)3-4-12(11)20(18,19)16-6-2-8-17-7-1-5-15-17/h1,3-5,7,9,16H,2,6,8H2. The van der Waals surface area contributed by atoms with E-state index in [0.29, 0.717) is 13.0 Å². The Morgan fingerprint density at radius 1 is 1.40 bits per heavy atom. The molecule has 0 aliphatic heterocycles. The van der Waals surface area contributed by atoms with Gasteiger partial charge in [0.25, 0.3) is 0 Å². The van der Waals surface area contributed by atoms with Gasteiger partial charge in [-0.05, 0) is 46.6 Å². The molecule has 0 saturated carbocycles. The molecule has 5 nitrogen and oxygen atoms in total. The third-order valence-corrected chi connectivity index (χ3v) is 5.04. The van der Waals surface area contributed by atoms with Crippen LogP contribution in [0.1, 0.15) is 6.42 Å². The molecule has 0 aliphatic rings. The molecular formula is C12H13BrFN3O2S. The predicted molar refractivity (Wildman–Crippen MR) is 76.1 cm³/mol. The summed E-state index contributed by atoms with van der Waals surface area (Å²) in [5.41, 5.74) is 0. The van der Waals surface area contributed by atoms with Gasteiger partial charge in [-0.1, -0.05) is 0 Å². The molecule has 1 aromatic heterocycles. The Kier molecular flexibility index (Phi) is 4.90. The highest BCUT2D eigenvalue weighted by Crippen LogP contribution is 2.22. The van der Waals surface area contributed by atoms with E-state index in [-0.39, 0.29) is 15.9 Å². The van der Waals surface area contributed by atoms with Crippen molar-refractivity contribution >= 4 is 26.0 Å². The maximum atomic E-state index is 12.9. The fraction of sp³-hybridized carbons (Fsp3) is 0.250. The predicted octanol–water partition coefficient (Wildman–Crippen LogP) is 2.15. The van der Waals surface area contributed by atoms with Crippen molar-refractivity contribution < 1.29 is 12.8 Å². The van der Waals surface area contributed by atoms with Crippen LogP contribution in [0.4, 0.5) is 4.39 Å². The molecule has 2 aromatic rings. The molecular weight excluding hydrogens is 349 g/mol. The number of halogens is 2. The Balaban J connectivity index is 1.93. The topological polar surface area (TPSA) is 64.0 Å². The summed E-state index contributed by atoms with van der Waals surface area (Å²) < 4.78 is 41.4. The van der Waals surface area contributed by atoms with Gasteiger partial charge in [0.05, 0.1) is 4.90 Å². The Hall–Kier alpha value is -1.25. The van der Waals surface area contributed by atoms with Crippen molar-refractivity contribution in [1.29, 1.82) is 0 Å². The highest BCUT2D eigenvalue weighted by atomic mass is 79.9. The molecule has 1 N–H and O–H groups in total. The molecule has 1 heterocycles. The van der Waals surface area contributed by atoms with E-state index in [4.69, 9.17) is 0 Å². The van der Waals surface area contributed by atoms with Gasteiger partial charge < -0.3 is 0 Å². The average Bonchev–Trinajstić information content (AvgIpc) is 2.87. The molecule has 0 atom stereocenters. The van der Waals surface area contributed by atoms with E-state index in [1.165, 1.54) is 6.07 Å². The maximum Gasteiger partial charge on any atom is 0.241 e. The lowest BCUT2D eigenvalue weighted by Crippen LogP contribution is -2.26. The SMILES string of the molecule is O=S(=O)(NCCCn1cccn1)c1ccc(F)cc1Br. The summed E-state index contributed by atoms with van der Waals surface area (Å²) in [5, 5.41) is 4.02. The van der Waals surface area contributed by atoms with Gasteiger partial charge in [0.1, 0.15) is 5.82 Å². The van der Waals surface area contributed by atoms with Gasteiger partial charge in [0.2, 0.25) is 10.0 Å². The van der Waals surface area contributed by atoms with E-state index < -0.39 is 15.8 Å². The average molecular weight is 362 g/mol. The highest BCUT2D eigenvalue weighted by molar-refractivity contribution is 9.10. The lowest BCUT2D eigenvalue weighted by Gasteiger charge is -2.08. The summed E-state index contributed by atoms with van der Waals surface area (Å²) in [6, 6.07) is 5.27. The molecule has 2 rings (SSSR count). The molecule has 8 heteroatoms. The Morgan fingerprint density at radius 2 is 2.20 bits per heavy atom. The van der Waals surface area contributed by atoms with E-state index >= 15 is 0 Å². The second-order valence-corrected chi connectivity index (χ2v) is 6.68. The molecule has 0 unspecified atom stereocenters. The van der Waals surface area contributed by atoms with Gasteiger partial charge in [0.15, 0.2) is 0 Å². The van der Waals surface area contributed by atoms with E-state index in [1.54, 1.807) is 16.9 Å². The van der Waals surface area contributed by atoms with Gasteiger partial charge in [-0.25, -0.2) is 17.5 Å². The minimum atomic E-state index is -3.64. The molecule has 0 bridgehead atoms. The van der Waals surface area contributed by atoms with Crippen LogP contribution < -0.4 is 4.72 Å². The van der Waals surface area contributed by atoms with E-state index in [0.717, 1.165) is 12.1 Å². The van der Waals surface area contributed by atoms with Crippen molar-refractivity contribution in [3.63, 3.8) is 0 Å². The van der Waals surface area contributed by atoms with Crippen molar-refractivity contribution in [3.05, 3.63) is 46.9 Å². The fourth-order valence-corrected chi connectivity index (χ4v) is 3.77. The molecule has 108 valence electrons. The summed E-state index contributed by atoms with van der Waals surface area (Å²) in [6.07, 6.45) is 4.09. The Labute approximate surface area is 125 Å². The first kappa shape index (κ1) is 15.1. The van der Waals surface area contributed by atoms with E-state index in [2.05, 4.69) is 25.8 Å². The molecule has 0 spiro atoms. The van der Waals surface area contributed by atoms with Crippen LogP contribution in [-0.2, 0) is 16.6 Å². The van der Waals surface area contributed by atoms with Gasteiger partial charge >= 0.3 is 0 Å². The van der Waals surface area contributed by atoms with Crippen molar-refractivity contribution in [2.24, 2.45) is 0 Å². The zero-order valence-electron chi connectivity index (χ0n) is 10.5. The van der Waals surface area contributed by atoms with Crippen LogP contribution in [0.3, 0.4) is 0 Å². The highest BCUT2D eigenvalue weighted by Gasteiger charge is 2.17. The summed E-state index contributed by atoms with van der Waals surface area (Å²) in [5.74, 6) is -0.491. The number of nitrogens with one attached hydrogen (secondary N) is 1. The minimum absolute atomic E-state index is 0.0259. The molecule has 0 fully saturated rings. The van der Waals surface area contributed by atoms with E-state index in [1.807, 2.05) is 6.20 Å². The molecule has 0 radical (unpaired) electrons. The van der Waals surface area contributed by atoms with Crippen molar-refractivity contribution in [2.45, 2.75) is 17.9 Å². The van der Waals surface area contributed by atoms with Crippen LogP contribution in [0.5, 0.6) is 0 Å². The molecule has 20 heavy (non-hydrogen) atoms. The van der Waals surface area contributed by atoms with Gasteiger partial charge in [-0.2, -0.15) is 5.10 Å². The zero-order valence-corrected chi connectivity index (χ0v) is 12.9. The smallest absolute Gasteiger partial charge is 0.241 e. The summed E-state index contributed by atoms with van der Waals surface area (Å²) in [6.45, 7) is 0.909. The van der Waals surface area contributed by atoms with Gasteiger partial charge in [-0.3, -0.25) is 4.68 Å².